The van der Waals surface area contributed by atoms with Crippen molar-refractivity contribution in [1.29, 1.82) is 0 Å². The maximum absolute atomic E-state index is 12.5. The summed E-state index contributed by atoms with van der Waals surface area (Å²) in [5.74, 6) is -0.705. The van der Waals surface area contributed by atoms with Crippen LogP contribution in [-0.2, 0) is 14.8 Å². The number of para-hydroxylation sites is 1. The maximum atomic E-state index is 12.5. The Bertz CT molecular complexity index is 581. The fourth-order valence-electron chi connectivity index (χ4n) is 1.94. The van der Waals surface area contributed by atoms with Crippen molar-refractivity contribution < 1.29 is 18.3 Å². The van der Waals surface area contributed by atoms with E-state index >= 15 is 0 Å². The molecule has 0 fully saturated rings. The van der Waals surface area contributed by atoms with E-state index in [-0.39, 0.29) is 24.6 Å². The molecule has 6 heteroatoms. The SMILES string of the molecule is Cc1ccccc1N(CCC(=O)O)S(=O)(=O)CCC(C)C. The normalized spacial score (nSPS) is 11.6. The van der Waals surface area contributed by atoms with Gasteiger partial charge in [0.2, 0.25) is 10.0 Å². The molecule has 0 aromatic heterocycles. The van der Waals surface area contributed by atoms with E-state index < -0.39 is 16.0 Å². The van der Waals surface area contributed by atoms with Crippen molar-refractivity contribution >= 4 is 21.7 Å². The molecule has 0 amide bonds. The quantitative estimate of drug-likeness (QED) is 0.800. The molecule has 1 N–H and O–H groups in total. The molecule has 0 saturated carbocycles. The molecule has 0 spiro atoms. The maximum Gasteiger partial charge on any atom is 0.305 e. The van der Waals surface area contributed by atoms with Crippen LogP contribution in [-0.4, -0.2) is 31.8 Å². The zero-order valence-electron chi connectivity index (χ0n) is 12.7. The van der Waals surface area contributed by atoms with Crippen molar-refractivity contribution in [3.8, 4) is 0 Å². The molecule has 5 nitrogen and oxygen atoms in total. The van der Waals surface area contributed by atoms with Crippen molar-refractivity contribution in [3.05, 3.63) is 29.8 Å². The Morgan fingerprint density at radius 2 is 1.90 bits per heavy atom. The van der Waals surface area contributed by atoms with E-state index in [0.717, 1.165) is 5.56 Å². The van der Waals surface area contributed by atoms with Crippen LogP contribution >= 0.6 is 0 Å². The molecule has 0 heterocycles. The Morgan fingerprint density at radius 3 is 2.43 bits per heavy atom. The van der Waals surface area contributed by atoms with Crippen molar-refractivity contribution in [2.24, 2.45) is 5.92 Å². The van der Waals surface area contributed by atoms with Crippen molar-refractivity contribution in [1.82, 2.24) is 0 Å². The van der Waals surface area contributed by atoms with Crippen LogP contribution in [0.1, 0.15) is 32.3 Å². The molecule has 1 aromatic carbocycles. The number of hydrogen-bond donors (Lipinski definition) is 1. The summed E-state index contributed by atoms with van der Waals surface area (Å²) in [7, 11) is -3.52. The highest BCUT2D eigenvalue weighted by Gasteiger charge is 2.24. The van der Waals surface area contributed by atoms with E-state index in [1.165, 1.54) is 4.31 Å². The topological polar surface area (TPSA) is 74.7 Å². The van der Waals surface area contributed by atoms with Gasteiger partial charge >= 0.3 is 5.97 Å². The first kappa shape index (κ1) is 17.5. The van der Waals surface area contributed by atoms with E-state index in [1.807, 2.05) is 32.9 Å². The van der Waals surface area contributed by atoms with Gasteiger partial charge in [-0.2, -0.15) is 0 Å². The highest BCUT2D eigenvalue weighted by atomic mass is 32.2. The van der Waals surface area contributed by atoms with Gasteiger partial charge in [0.15, 0.2) is 0 Å². The third-order valence-electron chi connectivity index (χ3n) is 3.20. The summed E-state index contributed by atoms with van der Waals surface area (Å²) in [4.78, 5) is 10.8. The Morgan fingerprint density at radius 1 is 1.29 bits per heavy atom. The van der Waals surface area contributed by atoms with Gasteiger partial charge in [0.1, 0.15) is 0 Å². The van der Waals surface area contributed by atoms with Gasteiger partial charge in [-0.05, 0) is 30.9 Å². The molecule has 0 unspecified atom stereocenters. The molecular formula is C15H23NO4S. The standard InChI is InChI=1S/C15H23NO4S/c1-12(2)9-11-21(19,20)16(10-8-15(17)18)14-7-5-4-6-13(14)3/h4-7,12H,8-11H2,1-3H3,(H,17,18). The Labute approximate surface area is 126 Å². The van der Waals surface area contributed by atoms with Crippen LogP contribution in [0.3, 0.4) is 0 Å². The van der Waals surface area contributed by atoms with Gasteiger partial charge in [-0.25, -0.2) is 8.42 Å². The average Bonchev–Trinajstić information content (AvgIpc) is 2.38. The number of anilines is 1. The van der Waals surface area contributed by atoms with Crippen LogP contribution in [0.5, 0.6) is 0 Å². The summed E-state index contributed by atoms with van der Waals surface area (Å²) in [6.45, 7) is 5.71. The first-order valence-corrected chi connectivity index (χ1v) is 8.63. The lowest BCUT2D eigenvalue weighted by atomic mass is 10.2. The van der Waals surface area contributed by atoms with E-state index in [1.54, 1.807) is 12.1 Å². The van der Waals surface area contributed by atoms with Gasteiger partial charge in [0, 0.05) is 6.54 Å². The average molecular weight is 313 g/mol. The summed E-state index contributed by atoms with van der Waals surface area (Å²) in [6, 6.07) is 7.12. The van der Waals surface area contributed by atoms with Crippen LogP contribution in [0, 0.1) is 12.8 Å². The second-order valence-electron chi connectivity index (χ2n) is 5.50. The smallest absolute Gasteiger partial charge is 0.305 e. The number of carboxylic acids is 1. The first-order valence-electron chi connectivity index (χ1n) is 7.02. The van der Waals surface area contributed by atoms with Gasteiger partial charge in [0.25, 0.3) is 0 Å². The second kappa shape index (κ2) is 7.45. The number of sulfonamides is 1. The van der Waals surface area contributed by atoms with Crippen molar-refractivity contribution in [2.45, 2.75) is 33.6 Å². The monoisotopic (exact) mass is 313 g/mol. The third kappa shape index (κ3) is 5.38. The van der Waals surface area contributed by atoms with Crippen LogP contribution < -0.4 is 4.31 Å². The lowest BCUT2D eigenvalue weighted by molar-refractivity contribution is -0.136. The molecule has 21 heavy (non-hydrogen) atoms. The molecule has 0 aliphatic heterocycles. The van der Waals surface area contributed by atoms with Gasteiger partial charge in [-0.15, -0.1) is 0 Å². The van der Waals surface area contributed by atoms with Gasteiger partial charge in [-0.1, -0.05) is 32.0 Å². The number of aryl methyl sites for hydroxylation is 1. The second-order valence-corrected chi connectivity index (χ2v) is 7.51. The van der Waals surface area contributed by atoms with Crippen molar-refractivity contribution in [3.63, 3.8) is 0 Å². The van der Waals surface area contributed by atoms with Gasteiger partial charge < -0.3 is 5.11 Å². The molecule has 0 bridgehead atoms. The molecule has 1 rings (SSSR count). The summed E-state index contributed by atoms with van der Waals surface area (Å²) in [5, 5.41) is 8.84. The van der Waals surface area contributed by atoms with E-state index in [2.05, 4.69) is 0 Å². The van der Waals surface area contributed by atoms with Crippen LogP contribution in [0.2, 0.25) is 0 Å². The summed E-state index contributed by atoms with van der Waals surface area (Å²) in [5.41, 5.74) is 1.37. The predicted molar refractivity (Wildman–Crippen MR) is 84.0 cm³/mol. The van der Waals surface area contributed by atoms with E-state index in [0.29, 0.717) is 12.1 Å². The number of rotatable bonds is 8. The molecule has 118 valence electrons. The molecule has 0 radical (unpaired) electrons. The molecule has 0 saturated heterocycles. The largest absolute Gasteiger partial charge is 0.481 e. The summed E-state index contributed by atoms with van der Waals surface area (Å²) >= 11 is 0. The van der Waals surface area contributed by atoms with E-state index in [4.69, 9.17) is 5.11 Å². The zero-order chi connectivity index (χ0) is 16.0. The number of hydrogen-bond acceptors (Lipinski definition) is 3. The first-order chi connectivity index (χ1) is 9.74. The van der Waals surface area contributed by atoms with Crippen LogP contribution in [0.4, 0.5) is 5.69 Å². The predicted octanol–water partition coefficient (Wildman–Crippen LogP) is 2.65. The van der Waals surface area contributed by atoms with E-state index in [9.17, 15) is 13.2 Å². The summed E-state index contributed by atoms with van der Waals surface area (Å²) < 4.78 is 26.3. The minimum atomic E-state index is -3.52. The zero-order valence-corrected chi connectivity index (χ0v) is 13.6. The van der Waals surface area contributed by atoms with Crippen LogP contribution in [0.15, 0.2) is 24.3 Å². The minimum absolute atomic E-state index is 0.0264. The van der Waals surface area contributed by atoms with Gasteiger partial charge in [0.05, 0.1) is 17.9 Å². The lowest BCUT2D eigenvalue weighted by Gasteiger charge is -2.25. The van der Waals surface area contributed by atoms with Crippen LogP contribution in [0.25, 0.3) is 0 Å². The third-order valence-corrected chi connectivity index (χ3v) is 5.00. The highest BCUT2D eigenvalue weighted by Crippen LogP contribution is 2.24. The lowest BCUT2D eigenvalue weighted by Crippen LogP contribution is -2.35. The Kier molecular flexibility index (Phi) is 6.20. The molecule has 0 atom stereocenters. The number of aliphatic carboxylic acids is 1. The summed E-state index contributed by atoms with van der Waals surface area (Å²) in [6.07, 6.45) is 0.340. The highest BCUT2D eigenvalue weighted by molar-refractivity contribution is 7.92. The van der Waals surface area contributed by atoms with Crippen molar-refractivity contribution in [2.75, 3.05) is 16.6 Å². The number of carbonyl (C=O) groups is 1. The molecular weight excluding hydrogens is 290 g/mol. The molecule has 0 aliphatic rings. The molecule has 0 aliphatic carbocycles. The fraction of sp³-hybridized carbons (Fsp3) is 0.533. The van der Waals surface area contributed by atoms with Gasteiger partial charge in [-0.3, -0.25) is 9.10 Å². The fourth-order valence-corrected chi connectivity index (χ4v) is 3.81. The minimum Gasteiger partial charge on any atom is -0.481 e. The number of benzene rings is 1. The molecule has 1 aromatic rings. The Hall–Kier alpha value is -1.56. The number of nitrogens with zero attached hydrogens (tertiary/aromatic N) is 1. The number of carboxylic acid groups (broad SMARTS) is 1. The Balaban J connectivity index is 3.07.